The Balaban J connectivity index is 2.14. The van der Waals surface area contributed by atoms with Crippen LogP contribution in [-0.4, -0.2) is 32.5 Å². The molecule has 1 aliphatic carbocycles. The van der Waals surface area contributed by atoms with E-state index in [1.54, 1.807) is 12.1 Å². The first-order valence-electron chi connectivity index (χ1n) is 7.45. The largest absolute Gasteiger partial charge is 0.381 e. The highest BCUT2D eigenvalue weighted by molar-refractivity contribution is 7.99. The zero-order valence-electron chi connectivity index (χ0n) is 12.6. The highest BCUT2D eigenvalue weighted by Gasteiger charge is 2.25. The lowest BCUT2D eigenvalue weighted by molar-refractivity contribution is 0.581. The molecule has 0 amide bonds. The standard InChI is InChI=1S/C15H24N2O2S2/c1-3-10-16-21(18,19)15-7-5-4-6-14(15)17-12-8-9-13(11-12)20-2/h4-7,12-13,16-17H,3,8-11H2,1-2H3. The summed E-state index contributed by atoms with van der Waals surface area (Å²) in [5.74, 6) is 0. The van der Waals surface area contributed by atoms with Gasteiger partial charge in [0.2, 0.25) is 10.0 Å². The number of rotatable bonds is 7. The normalized spacial score (nSPS) is 22.4. The van der Waals surface area contributed by atoms with Crippen molar-refractivity contribution in [2.75, 3.05) is 18.1 Å². The third kappa shape index (κ3) is 4.37. The maximum Gasteiger partial charge on any atom is 0.242 e. The Labute approximate surface area is 132 Å². The molecule has 2 unspecified atom stereocenters. The minimum atomic E-state index is -3.43. The van der Waals surface area contributed by atoms with Crippen LogP contribution < -0.4 is 10.0 Å². The van der Waals surface area contributed by atoms with Crippen LogP contribution in [0.2, 0.25) is 0 Å². The van der Waals surface area contributed by atoms with E-state index in [4.69, 9.17) is 0 Å². The number of hydrogen-bond acceptors (Lipinski definition) is 4. The second-order valence-electron chi connectivity index (χ2n) is 5.41. The Morgan fingerprint density at radius 3 is 2.71 bits per heavy atom. The lowest BCUT2D eigenvalue weighted by Crippen LogP contribution is -2.26. The summed E-state index contributed by atoms with van der Waals surface area (Å²) < 4.78 is 27.3. The van der Waals surface area contributed by atoms with Crippen LogP contribution in [0.5, 0.6) is 0 Å². The molecule has 1 aromatic carbocycles. The van der Waals surface area contributed by atoms with Crippen molar-refractivity contribution < 1.29 is 8.42 Å². The first-order chi connectivity index (χ1) is 10.1. The van der Waals surface area contributed by atoms with Crippen LogP contribution in [0.15, 0.2) is 29.2 Å². The number of anilines is 1. The Bertz CT molecular complexity index is 561. The molecule has 21 heavy (non-hydrogen) atoms. The van der Waals surface area contributed by atoms with Crippen molar-refractivity contribution in [3.63, 3.8) is 0 Å². The second-order valence-corrected chi connectivity index (χ2v) is 8.28. The Kier molecular flexibility index (Phi) is 5.96. The van der Waals surface area contributed by atoms with Gasteiger partial charge in [0.1, 0.15) is 4.90 Å². The molecule has 0 spiro atoms. The molecule has 1 aliphatic rings. The summed E-state index contributed by atoms with van der Waals surface area (Å²) in [6.07, 6.45) is 6.31. The summed E-state index contributed by atoms with van der Waals surface area (Å²) in [4.78, 5) is 0.353. The number of para-hydroxylation sites is 1. The van der Waals surface area contributed by atoms with Crippen LogP contribution in [0, 0.1) is 0 Å². The topological polar surface area (TPSA) is 58.2 Å². The van der Waals surface area contributed by atoms with Crippen LogP contribution in [0.4, 0.5) is 5.69 Å². The molecule has 2 N–H and O–H groups in total. The number of thioether (sulfide) groups is 1. The van der Waals surface area contributed by atoms with Gasteiger partial charge < -0.3 is 5.32 Å². The fourth-order valence-corrected chi connectivity index (χ4v) is 4.74. The van der Waals surface area contributed by atoms with Gasteiger partial charge >= 0.3 is 0 Å². The van der Waals surface area contributed by atoms with E-state index in [0.717, 1.165) is 19.3 Å². The van der Waals surface area contributed by atoms with Gasteiger partial charge in [0.15, 0.2) is 0 Å². The van der Waals surface area contributed by atoms with Crippen molar-refractivity contribution in [3.8, 4) is 0 Å². The molecule has 1 fully saturated rings. The van der Waals surface area contributed by atoms with Gasteiger partial charge in [-0.3, -0.25) is 0 Å². The van der Waals surface area contributed by atoms with Crippen LogP contribution in [0.1, 0.15) is 32.6 Å². The molecule has 0 radical (unpaired) electrons. The van der Waals surface area contributed by atoms with E-state index >= 15 is 0 Å². The molecule has 0 saturated heterocycles. The fraction of sp³-hybridized carbons (Fsp3) is 0.600. The molecule has 1 saturated carbocycles. The Hall–Kier alpha value is -0.720. The summed E-state index contributed by atoms with van der Waals surface area (Å²) in [5.41, 5.74) is 0.716. The van der Waals surface area contributed by atoms with E-state index in [1.165, 1.54) is 6.42 Å². The zero-order chi connectivity index (χ0) is 15.3. The monoisotopic (exact) mass is 328 g/mol. The van der Waals surface area contributed by atoms with Crippen LogP contribution in [0.3, 0.4) is 0 Å². The van der Waals surface area contributed by atoms with E-state index in [2.05, 4.69) is 16.3 Å². The van der Waals surface area contributed by atoms with Crippen molar-refractivity contribution in [2.45, 2.75) is 48.8 Å². The van der Waals surface area contributed by atoms with E-state index in [9.17, 15) is 8.42 Å². The summed E-state index contributed by atoms with van der Waals surface area (Å²) in [6.45, 7) is 2.42. The fourth-order valence-electron chi connectivity index (χ4n) is 2.64. The highest BCUT2D eigenvalue weighted by Crippen LogP contribution is 2.31. The highest BCUT2D eigenvalue weighted by atomic mass is 32.2. The minimum absolute atomic E-state index is 0.353. The van der Waals surface area contributed by atoms with Crippen molar-refractivity contribution in [2.24, 2.45) is 0 Å². The van der Waals surface area contributed by atoms with E-state index < -0.39 is 10.0 Å². The molecule has 1 aromatic rings. The van der Waals surface area contributed by atoms with Gasteiger partial charge in [-0.2, -0.15) is 11.8 Å². The van der Waals surface area contributed by atoms with Gasteiger partial charge in [-0.15, -0.1) is 0 Å². The van der Waals surface area contributed by atoms with Crippen LogP contribution in [0.25, 0.3) is 0 Å². The molecule has 2 rings (SSSR count). The average Bonchev–Trinajstić information content (AvgIpc) is 2.93. The molecular weight excluding hydrogens is 304 g/mol. The molecule has 118 valence electrons. The van der Waals surface area contributed by atoms with Crippen LogP contribution >= 0.6 is 11.8 Å². The van der Waals surface area contributed by atoms with E-state index in [0.29, 0.717) is 28.4 Å². The molecule has 0 aromatic heterocycles. The molecule has 0 aliphatic heterocycles. The summed E-state index contributed by atoms with van der Waals surface area (Å²) >= 11 is 1.90. The third-order valence-electron chi connectivity index (χ3n) is 3.80. The Morgan fingerprint density at radius 2 is 2.05 bits per heavy atom. The predicted molar refractivity (Wildman–Crippen MR) is 90.5 cm³/mol. The van der Waals surface area contributed by atoms with Crippen molar-refractivity contribution in [3.05, 3.63) is 24.3 Å². The molecular formula is C15H24N2O2S2. The lowest BCUT2D eigenvalue weighted by atomic mass is 10.2. The Morgan fingerprint density at radius 1 is 1.29 bits per heavy atom. The quantitative estimate of drug-likeness (QED) is 0.807. The second kappa shape index (κ2) is 7.51. The molecule has 4 nitrogen and oxygen atoms in total. The molecule has 2 atom stereocenters. The number of sulfonamides is 1. The lowest BCUT2D eigenvalue weighted by Gasteiger charge is -2.17. The van der Waals surface area contributed by atoms with Gasteiger partial charge in [0.05, 0.1) is 5.69 Å². The van der Waals surface area contributed by atoms with Crippen molar-refractivity contribution in [1.82, 2.24) is 4.72 Å². The zero-order valence-corrected chi connectivity index (χ0v) is 14.3. The maximum atomic E-state index is 12.4. The maximum absolute atomic E-state index is 12.4. The SMILES string of the molecule is CCCNS(=O)(=O)c1ccccc1NC1CCC(SC)C1. The van der Waals surface area contributed by atoms with E-state index in [1.807, 2.05) is 30.8 Å². The number of nitrogens with one attached hydrogen (secondary N) is 2. The average molecular weight is 329 g/mol. The van der Waals surface area contributed by atoms with Gasteiger partial charge in [0.25, 0.3) is 0 Å². The van der Waals surface area contributed by atoms with Gasteiger partial charge in [-0.1, -0.05) is 19.1 Å². The smallest absolute Gasteiger partial charge is 0.242 e. The van der Waals surface area contributed by atoms with E-state index in [-0.39, 0.29) is 0 Å². The first-order valence-corrected chi connectivity index (χ1v) is 10.2. The van der Waals surface area contributed by atoms with Gasteiger partial charge in [-0.25, -0.2) is 13.1 Å². The summed E-state index contributed by atoms with van der Waals surface area (Å²) in [7, 11) is -3.43. The van der Waals surface area contributed by atoms with Gasteiger partial charge in [0, 0.05) is 17.8 Å². The minimum Gasteiger partial charge on any atom is -0.381 e. The first kappa shape index (κ1) is 16.6. The van der Waals surface area contributed by atoms with Crippen molar-refractivity contribution >= 4 is 27.5 Å². The number of hydrogen-bond donors (Lipinski definition) is 2. The predicted octanol–water partition coefficient (Wildman–Crippen LogP) is 3.07. The molecule has 0 heterocycles. The molecule has 0 bridgehead atoms. The summed E-state index contributed by atoms with van der Waals surface area (Å²) in [5, 5.41) is 4.11. The van der Waals surface area contributed by atoms with Gasteiger partial charge in [-0.05, 0) is 44.1 Å². The summed E-state index contributed by atoms with van der Waals surface area (Å²) in [6, 6.07) is 7.53. The van der Waals surface area contributed by atoms with Crippen molar-refractivity contribution in [1.29, 1.82) is 0 Å². The number of benzene rings is 1. The molecule has 6 heteroatoms. The van der Waals surface area contributed by atoms with Crippen LogP contribution in [-0.2, 0) is 10.0 Å². The third-order valence-corrected chi connectivity index (χ3v) is 6.41.